The molecule has 0 N–H and O–H groups in total. The molecule has 2 aromatic heterocycles. The first-order valence-corrected chi connectivity index (χ1v) is 8.90. The lowest BCUT2D eigenvalue weighted by Crippen LogP contribution is -2.34. The Balaban J connectivity index is 1.33. The maximum Gasteiger partial charge on any atom is 0.146 e. The van der Waals surface area contributed by atoms with Gasteiger partial charge in [-0.05, 0) is 37.9 Å². The molecule has 24 heavy (non-hydrogen) atoms. The van der Waals surface area contributed by atoms with Gasteiger partial charge in [-0.2, -0.15) is 0 Å². The molecular formula is C18H26N6. The van der Waals surface area contributed by atoms with Gasteiger partial charge in [-0.1, -0.05) is 6.07 Å². The smallest absolute Gasteiger partial charge is 0.146 e. The molecule has 2 fully saturated rings. The Morgan fingerprint density at radius 2 is 2.12 bits per heavy atom. The van der Waals surface area contributed by atoms with Crippen LogP contribution < -0.4 is 0 Å². The molecule has 1 unspecified atom stereocenters. The average Bonchev–Trinajstić information content (AvgIpc) is 3.22. The first kappa shape index (κ1) is 15.7. The second-order valence-corrected chi connectivity index (χ2v) is 7.26. The van der Waals surface area contributed by atoms with Gasteiger partial charge in [-0.3, -0.25) is 14.8 Å². The van der Waals surface area contributed by atoms with Crippen LogP contribution in [0.2, 0.25) is 0 Å². The summed E-state index contributed by atoms with van der Waals surface area (Å²) in [6.07, 6.45) is 7.56. The minimum Gasteiger partial charge on any atom is -0.317 e. The lowest BCUT2D eigenvalue weighted by molar-refractivity contribution is 0.216. The van der Waals surface area contributed by atoms with Crippen molar-refractivity contribution < 1.29 is 0 Å². The molecule has 1 saturated carbocycles. The number of pyridine rings is 1. The second kappa shape index (κ2) is 6.61. The van der Waals surface area contributed by atoms with Crippen molar-refractivity contribution in [2.24, 2.45) is 7.05 Å². The minimum absolute atomic E-state index is 0.586. The largest absolute Gasteiger partial charge is 0.317 e. The van der Waals surface area contributed by atoms with Crippen molar-refractivity contribution >= 4 is 0 Å². The Labute approximate surface area is 143 Å². The topological polar surface area (TPSA) is 50.1 Å². The standard InChI is InChI=1S/C18H26N6/c1-22(13-17-20-21-18(23(17)2)15-5-6-15)16-7-9-24(12-16)11-14-4-3-8-19-10-14/h3-4,8,10,15-16H,5-7,9,11-13H2,1-2H3. The van der Waals surface area contributed by atoms with E-state index in [9.17, 15) is 0 Å². The van der Waals surface area contributed by atoms with Crippen LogP contribution in [0.15, 0.2) is 24.5 Å². The van der Waals surface area contributed by atoms with Gasteiger partial charge >= 0.3 is 0 Å². The quantitative estimate of drug-likeness (QED) is 0.810. The van der Waals surface area contributed by atoms with Crippen molar-refractivity contribution in [3.05, 3.63) is 41.7 Å². The summed E-state index contributed by atoms with van der Waals surface area (Å²) >= 11 is 0. The number of likely N-dealkylation sites (N-methyl/N-ethyl adjacent to an activating group) is 1. The third-order valence-corrected chi connectivity index (χ3v) is 5.33. The zero-order valence-corrected chi connectivity index (χ0v) is 14.6. The van der Waals surface area contributed by atoms with Crippen molar-refractivity contribution in [2.75, 3.05) is 20.1 Å². The SMILES string of the molecule is CN(Cc1nnc(C2CC2)n1C)C1CCN(Cc2cccnc2)C1. The molecule has 0 radical (unpaired) electrons. The first-order valence-electron chi connectivity index (χ1n) is 8.90. The number of aromatic nitrogens is 4. The van der Waals surface area contributed by atoms with Crippen LogP contribution in [0.5, 0.6) is 0 Å². The molecule has 3 heterocycles. The van der Waals surface area contributed by atoms with Crippen LogP contribution in [0.3, 0.4) is 0 Å². The number of likely N-dealkylation sites (tertiary alicyclic amines) is 1. The Morgan fingerprint density at radius 1 is 1.25 bits per heavy atom. The number of hydrogen-bond donors (Lipinski definition) is 0. The molecule has 0 bridgehead atoms. The van der Waals surface area contributed by atoms with Crippen LogP contribution in [-0.4, -0.2) is 55.7 Å². The third kappa shape index (κ3) is 3.35. The first-order chi connectivity index (χ1) is 11.7. The molecular weight excluding hydrogens is 300 g/mol. The lowest BCUT2D eigenvalue weighted by atomic mass is 10.2. The van der Waals surface area contributed by atoms with Crippen LogP contribution in [0, 0.1) is 0 Å². The van der Waals surface area contributed by atoms with Crippen molar-refractivity contribution in [2.45, 2.75) is 44.3 Å². The summed E-state index contributed by atoms with van der Waals surface area (Å²) in [4.78, 5) is 9.17. The fraction of sp³-hybridized carbons (Fsp3) is 0.611. The van der Waals surface area contributed by atoms with Crippen LogP contribution in [0.1, 0.15) is 42.4 Å². The molecule has 1 aliphatic heterocycles. The summed E-state index contributed by atoms with van der Waals surface area (Å²) in [7, 11) is 4.32. The molecule has 0 amide bonds. The predicted molar refractivity (Wildman–Crippen MR) is 92.4 cm³/mol. The predicted octanol–water partition coefficient (Wildman–Crippen LogP) is 1.79. The Morgan fingerprint density at radius 3 is 2.88 bits per heavy atom. The molecule has 1 atom stereocenters. The van der Waals surface area contributed by atoms with E-state index in [4.69, 9.17) is 0 Å². The summed E-state index contributed by atoms with van der Waals surface area (Å²) < 4.78 is 2.20. The molecule has 6 nitrogen and oxygen atoms in total. The van der Waals surface area contributed by atoms with Crippen LogP contribution in [0.4, 0.5) is 0 Å². The number of hydrogen-bond acceptors (Lipinski definition) is 5. The molecule has 0 spiro atoms. The van der Waals surface area contributed by atoms with Gasteiger partial charge in [-0.25, -0.2) is 0 Å². The minimum atomic E-state index is 0.586. The van der Waals surface area contributed by atoms with Gasteiger partial charge in [0.15, 0.2) is 0 Å². The van der Waals surface area contributed by atoms with Crippen molar-refractivity contribution in [3.63, 3.8) is 0 Å². The molecule has 2 aliphatic rings. The summed E-state index contributed by atoms with van der Waals surface area (Å²) in [6, 6.07) is 4.76. The maximum atomic E-state index is 4.42. The molecule has 4 rings (SSSR count). The van der Waals surface area contributed by atoms with Gasteiger partial charge < -0.3 is 4.57 Å². The second-order valence-electron chi connectivity index (χ2n) is 7.26. The zero-order chi connectivity index (χ0) is 16.5. The fourth-order valence-electron chi connectivity index (χ4n) is 3.63. The fourth-order valence-corrected chi connectivity index (χ4v) is 3.63. The lowest BCUT2D eigenvalue weighted by Gasteiger charge is -2.24. The number of rotatable bonds is 6. The molecule has 0 aromatic carbocycles. The Bertz CT molecular complexity index is 678. The van der Waals surface area contributed by atoms with Crippen molar-refractivity contribution in [1.82, 2.24) is 29.5 Å². The van der Waals surface area contributed by atoms with Crippen molar-refractivity contribution in [1.29, 1.82) is 0 Å². The summed E-state index contributed by atoms with van der Waals surface area (Å²) in [6.45, 7) is 4.13. The Hall–Kier alpha value is -1.79. The molecule has 2 aromatic rings. The van der Waals surface area contributed by atoms with Gasteiger partial charge in [0.2, 0.25) is 0 Å². The highest BCUT2D eigenvalue weighted by Gasteiger charge is 2.30. The maximum absolute atomic E-state index is 4.42. The van der Waals surface area contributed by atoms with Gasteiger partial charge in [0.25, 0.3) is 0 Å². The van der Waals surface area contributed by atoms with E-state index in [1.807, 2.05) is 18.5 Å². The van der Waals surface area contributed by atoms with Gasteiger partial charge in [-0.15, -0.1) is 10.2 Å². The van der Waals surface area contributed by atoms with E-state index in [1.165, 1.54) is 30.7 Å². The van der Waals surface area contributed by atoms with Gasteiger partial charge in [0, 0.05) is 51.0 Å². The molecule has 1 saturated heterocycles. The van der Waals surface area contributed by atoms with Gasteiger partial charge in [0.1, 0.15) is 11.6 Å². The monoisotopic (exact) mass is 326 g/mol. The van der Waals surface area contributed by atoms with E-state index in [0.717, 1.165) is 32.0 Å². The highest BCUT2D eigenvalue weighted by molar-refractivity contribution is 5.09. The third-order valence-electron chi connectivity index (χ3n) is 5.33. The summed E-state index contributed by atoms with van der Waals surface area (Å²) in [5, 5.41) is 8.82. The normalized spacial score (nSPS) is 21.7. The number of nitrogens with zero attached hydrogens (tertiary/aromatic N) is 6. The van der Waals surface area contributed by atoms with E-state index in [-0.39, 0.29) is 0 Å². The van der Waals surface area contributed by atoms with Crippen LogP contribution >= 0.6 is 0 Å². The summed E-state index contributed by atoms with van der Waals surface area (Å²) in [5.74, 6) is 2.91. The van der Waals surface area contributed by atoms with Crippen LogP contribution in [0.25, 0.3) is 0 Å². The molecule has 128 valence electrons. The summed E-state index contributed by atoms with van der Waals surface area (Å²) in [5.41, 5.74) is 1.29. The average molecular weight is 326 g/mol. The van der Waals surface area contributed by atoms with E-state index in [1.54, 1.807) is 0 Å². The van der Waals surface area contributed by atoms with Crippen LogP contribution in [-0.2, 0) is 20.1 Å². The molecule has 1 aliphatic carbocycles. The van der Waals surface area contributed by atoms with E-state index >= 15 is 0 Å². The Kier molecular flexibility index (Phi) is 4.33. The highest BCUT2D eigenvalue weighted by Crippen LogP contribution is 2.38. The van der Waals surface area contributed by atoms with Crippen molar-refractivity contribution in [3.8, 4) is 0 Å². The van der Waals surface area contributed by atoms with E-state index in [0.29, 0.717) is 12.0 Å². The van der Waals surface area contributed by atoms with E-state index < -0.39 is 0 Å². The molecule has 6 heteroatoms. The van der Waals surface area contributed by atoms with E-state index in [2.05, 4.69) is 49.7 Å². The highest BCUT2D eigenvalue weighted by atomic mass is 15.3. The van der Waals surface area contributed by atoms with Gasteiger partial charge in [0.05, 0.1) is 6.54 Å². The zero-order valence-electron chi connectivity index (χ0n) is 14.6.